The molecule has 142 valence electrons. The minimum absolute atomic E-state index is 1.24. The average molecular weight is 397 g/mol. The molecule has 0 bridgehead atoms. The maximum absolute atomic E-state index is 2.34. The normalized spacial score (nSPS) is 11.4. The summed E-state index contributed by atoms with van der Waals surface area (Å²) >= 11 is 1.80. The second kappa shape index (κ2) is 6.78. The molecule has 0 spiro atoms. The first-order valence-electron chi connectivity index (χ1n) is 9.94. The van der Waals surface area contributed by atoms with E-state index in [-0.39, 0.29) is 0 Å². The van der Waals surface area contributed by atoms with Gasteiger partial charge in [0.25, 0.3) is 0 Å². The van der Waals surface area contributed by atoms with E-state index < -0.39 is 0 Å². The van der Waals surface area contributed by atoms with Crippen LogP contribution in [-0.4, -0.2) is 0 Å². The molecule has 2 heterocycles. The molecule has 5 rings (SSSR count). The van der Waals surface area contributed by atoms with Gasteiger partial charge in [0.05, 0.1) is 10.9 Å². The number of aryl methyl sites for hydroxylation is 3. The number of aromatic nitrogens is 2. The van der Waals surface area contributed by atoms with Gasteiger partial charge in [-0.15, -0.1) is 3.96 Å². The van der Waals surface area contributed by atoms with Crippen molar-refractivity contribution in [1.29, 1.82) is 0 Å². The lowest BCUT2D eigenvalue weighted by Crippen LogP contribution is -2.35. The highest BCUT2D eigenvalue weighted by Crippen LogP contribution is 2.33. The van der Waals surface area contributed by atoms with Gasteiger partial charge in [-0.1, -0.05) is 30.3 Å². The van der Waals surface area contributed by atoms with Gasteiger partial charge in [0.1, 0.15) is 16.2 Å². The van der Waals surface area contributed by atoms with Crippen LogP contribution in [0.1, 0.15) is 16.8 Å². The molecule has 5 aromatic rings. The van der Waals surface area contributed by atoms with Gasteiger partial charge in [0.2, 0.25) is 11.4 Å². The Morgan fingerprint density at radius 3 is 2.34 bits per heavy atom. The Morgan fingerprint density at radius 1 is 0.793 bits per heavy atom. The fourth-order valence-corrected chi connectivity index (χ4v) is 5.30. The van der Waals surface area contributed by atoms with Crippen LogP contribution in [-0.2, 0) is 7.05 Å². The fraction of sp³-hybridized carbons (Fsp3) is 0.154. The largest absolute Gasteiger partial charge is 0.235 e. The second-order valence-electron chi connectivity index (χ2n) is 7.80. The summed E-state index contributed by atoms with van der Waals surface area (Å²) in [7, 11) is 2.16. The fourth-order valence-electron chi connectivity index (χ4n) is 4.31. The number of hydrogen-bond donors (Lipinski definition) is 0. The highest BCUT2D eigenvalue weighted by atomic mass is 32.1. The van der Waals surface area contributed by atoms with Gasteiger partial charge in [-0.05, 0) is 49.1 Å². The zero-order chi connectivity index (χ0) is 20.1. The van der Waals surface area contributed by atoms with Crippen LogP contribution in [0.2, 0.25) is 0 Å². The van der Waals surface area contributed by atoms with Gasteiger partial charge in [-0.3, -0.25) is 0 Å². The molecular weight excluding hydrogens is 372 g/mol. The molecule has 2 aromatic heterocycles. The van der Waals surface area contributed by atoms with Crippen LogP contribution in [0.3, 0.4) is 0 Å². The van der Waals surface area contributed by atoms with Crippen molar-refractivity contribution in [2.75, 3.05) is 0 Å². The lowest BCUT2D eigenvalue weighted by molar-refractivity contribution is -0.601. The van der Waals surface area contributed by atoms with Crippen LogP contribution in [0.5, 0.6) is 0 Å². The highest BCUT2D eigenvalue weighted by Gasteiger charge is 2.26. The van der Waals surface area contributed by atoms with E-state index in [0.29, 0.717) is 0 Å². The molecule has 0 atom stereocenters. The van der Waals surface area contributed by atoms with Crippen molar-refractivity contribution >= 4 is 32.4 Å². The van der Waals surface area contributed by atoms with Gasteiger partial charge >= 0.3 is 0 Å². The van der Waals surface area contributed by atoms with Gasteiger partial charge in [-0.25, -0.2) is 0 Å². The summed E-state index contributed by atoms with van der Waals surface area (Å²) in [6, 6.07) is 24.2. The number of nitrogens with zero attached hydrogens (tertiary/aromatic N) is 2. The Kier molecular flexibility index (Phi) is 4.21. The van der Waals surface area contributed by atoms with E-state index in [2.05, 4.69) is 109 Å². The van der Waals surface area contributed by atoms with Crippen LogP contribution >= 0.6 is 11.5 Å². The minimum atomic E-state index is 1.24. The summed E-state index contributed by atoms with van der Waals surface area (Å²) in [5.74, 6) is 0. The van der Waals surface area contributed by atoms with E-state index in [1.807, 2.05) is 0 Å². The summed E-state index contributed by atoms with van der Waals surface area (Å²) < 4.78 is 5.96. The van der Waals surface area contributed by atoms with Crippen molar-refractivity contribution in [3.8, 4) is 16.9 Å². The molecule has 0 amide bonds. The third-order valence-electron chi connectivity index (χ3n) is 5.74. The molecule has 0 aliphatic carbocycles. The third-order valence-corrected chi connectivity index (χ3v) is 6.75. The first kappa shape index (κ1) is 18.0. The first-order valence-corrected chi connectivity index (χ1v) is 10.7. The highest BCUT2D eigenvalue weighted by molar-refractivity contribution is 7.09. The Balaban J connectivity index is 1.80. The summed E-state index contributed by atoms with van der Waals surface area (Å²) in [5.41, 5.74) is 7.67. The van der Waals surface area contributed by atoms with E-state index in [4.69, 9.17) is 0 Å². The Labute approximate surface area is 175 Å². The van der Waals surface area contributed by atoms with E-state index >= 15 is 0 Å². The van der Waals surface area contributed by atoms with Crippen LogP contribution in [0, 0.1) is 20.8 Å². The van der Waals surface area contributed by atoms with Crippen molar-refractivity contribution in [3.05, 3.63) is 89.7 Å². The van der Waals surface area contributed by atoms with Crippen LogP contribution in [0.25, 0.3) is 37.8 Å². The summed E-state index contributed by atoms with van der Waals surface area (Å²) in [4.78, 5) is 0. The van der Waals surface area contributed by atoms with Gasteiger partial charge in [-0.2, -0.15) is 4.57 Å². The predicted octanol–water partition coefficient (Wildman–Crippen LogP) is 5.75. The standard InChI is InChI=1S/C26H24N2S/c1-17-13-23(26-22-11-7-8-12-25(22)29-27(26)4)19(3)24(14-17)28-16-21-10-6-5-9-20(21)15-18(28)2/h5-16H,1-4H3/q+2. The topological polar surface area (TPSA) is 7.76 Å². The molecule has 0 saturated carbocycles. The predicted molar refractivity (Wildman–Crippen MR) is 122 cm³/mol. The maximum Gasteiger partial charge on any atom is 0.235 e. The molecule has 29 heavy (non-hydrogen) atoms. The van der Waals surface area contributed by atoms with Crippen molar-refractivity contribution in [2.45, 2.75) is 20.8 Å². The summed E-state index contributed by atoms with van der Waals surface area (Å²) in [6.07, 6.45) is 2.27. The first-order chi connectivity index (χ1) is 14.0. The van der Waals surface area contributed by atoms with Crippen molar-refractivity contribution in [2.24, 2.45) is 7.05 Å². The molecule has 3 heteroatoms. The molecule has 0 aliphatic heterocycles. The zero-order valence-corrected chi connectivity index (χ0v) is 18.0. The molecule has 0 fully saturated rings. The lowest BCUT2D eigenvalue weighted by Gasteiger charge is -2.09. The average Bonchev–Trinajstić information content (AvgIpc) is 3.04. The number of pyridine rings is 1. The summed E-state index contributed by atoms with van der Waals surface area (Å²) in [5, 5.41) is 3.86. The molecule has 0 saturated heterocycles. The zero-order valence-electron chi connectivity index (χ0n) is 17.2. The molecule has 0 aliphatic rings. The van der Waals surface area contributed by atoms with Crippen LogP contribution in [0.15, 0.2) is 72.9 Å². The number of rotatable bonds is 2. The maximum atomic E-state index is 2.34. The Hall–Kier alpha value is -3.04. The molecule has 3 aromatic carbocycles. The lowest BCUT2D eigenvalue weighted by atomic mass is 9.98. The van der Waals surface area contributed by atoms with Gasteiger partial charge in [0.15, 0.2) is 18.9 Å². The van der Waals surface area contributed by atoms with Crippen molar-refractivity contribution in [3.63, 3.8) is 0 Å². The SMILES string of the molecule is Cc1cc(-c2c3ccccc3s[n+]2C)c(C)c(-[n+]2cc3ccccc3cc2C)c1. The van der Waals surface area contributed by atoms with Crippen LogP contribution < -0.4 is 8.52 Å². The van der Waals surface area contributed by atoms with Crippen molar-refractivity contribution in [1.82, 2.24) is 0 Å². The number of fused-ring (bicyclic) bond motifs is 2. The van der Waals surface area contributed by atoms with E-state index in [0.717, 1.165) is 0 Å². The van der Waals surface area contributed by atoms with E-state index in [1.54, 1.807) is 11.5 Å². The second-order valence-corrected chi connectivity index (χ2v) is 8.97. The molecule has 0 unspecified atom stereocenters. The Morgan fingerprint density at radius 2 is 1.52 bits per heavy atom. The third kappa shape index (κ3) is 2.93. The number of hydrogen-bond acceptors (Lipinski definition) is 1. The van der Waals surface area contributed by atoms with E-state index in [1.165, 1.54) is 54.6 Å². The monoisotopic (exact) mass is 396 g/mol. The van der Waals surface area contributed by atoms with Gasteiger partial charge in [0, 0.05) is 30.0 Å². The van der Waals surface area contributed by atoms with E-state index in [9.17, 15) is 0 Å². The molecule has 2 nitrogen and oxygen atoms in total. The Bertz CT molecular complexity index is 1400. The molecule has 0 radical (unpaired) electrons. The summed E-state index contributed by atoms with van der Waals surface area (Å²) in [6.45, 7) is 6.63. The molecular formula is C26H24N2S+2. The quantitative estimate of drug-likeness (QED) is 0.336. The molecule has 0 N–H and O–H groups in total. The van der Waals surface area contributed by atoms with Crippen LogP contribution in [0.4, 0.5) is 0 Å². The minimum Gasteiger partial charge on any atom is -0.164 e. The number of benzene rings is 3. The smallest absolute Gasteiger partial charge is 0.164 e. The van der Waals surface area contributed by atoms with Gasteiger partial charge < -0.3 is 0 Å². The van der Waals surface area contributed by atoms with Crippen molar-refractivity contribution < 1.29 is 8.52 Å².